The van der Waals surface area contributed by atoms with Crippen molar-refractivity contribution in [3.8, 4) is 0 Å². The summed E-state index contributed by atoms with van der Waals surface area (Å²) in [6.45, 7) is 6.66. The number of carboxylic acid groups (broad SMARTS) is 1. The molecule has 1 unspecified atom stereocenters. The molecule has 0 saturated carbocycles. The van der Waals surface area contributed by atoms with Crippen LogP contribution in [0.4, 0.5) is 5.69 Å². The average molecular weight is 383 g/mol. The Morgan fingerprint density at radius 2 is 2.07 bits per heavy atom. The molecule has 0 radical (unpaired) electrons. The Labute approximate surface area is 167 Å². The molecule has 1 aliphatic heterocycles. The Kier molecular flexibility index (Phi) is 7.43. The molecule has 0 amide bonds. The highest BCUT2D eigenvalue weighted by molar-refractivity contribution is 5.93. The van der Waals surface area contributed by atoms with Crippen LogP contribution in [0.5, 0.6) is 0 Å². The standard InChI is InChI=1S/C23H30N2O3/c1-17-7-8-18(19-10-13-28-14-11-19)5-3-2-4-6-20(17)15-25-22-16-24-12-9-21(22)23(26)27/h5,7-9,12,16,19-20,25H,1-4,6,10-11,13-15H2,(H,26,27)/b8-7-,18-5+. The summed E-state index contributed by atoms with van der Waals surface area (Å²) >= 11 is 0. The minimum Gasteiger partial charge on any atom is -0.478 e. The first kappa shape index (κ1) is 20.3. The molecule has 1 aliphatic carbocycles. The van der Waals surface area contributed by atoms with Crippen LogP contribution >= 0.6 is 0 Å². The summed E-state index contributed by atoms with van der Waals surface area (Å²) in [5.41, 5.74) is 3.32. The number of hydrogen-bond donors (Lipinski definition) is 2. The number of carbonyl (C=O) groups is 1. The maximum Gasteiger partial charge on any atom is 0.337 e. The van der Waals surface area contributed by atoms with Crippen molar-refractivity contribution >= 4 is 11.7 Å². The number of ether oxygens (including phenoxy) is 1. The van der Waals surface area contributed by atoms with Crippen molar-refractivity contribution in [3.05, 3.63) is 60.0 Å². The molecule has 150 valence electrons. The molecule has 0 bridgehead atoms. The first-order chi connectivity index (χ1) is 13.6. The van der Waals surface area contributed by atoms with Gasteiger partial charge >= 0.3 is 5.97 Å². The molecule has 2 aliphatic rings. The fourth-order valence-electron chi connectivity index (χ4n) is 3.92. The van der Waals surface area contributed by atoms with Gasteiger partial charge in [0.05, 0.1) is 17.4 Å². The summed E-state index contributed by atoms with van der Waals surface area (Å²) in [5, 5.41) is 12.6. The van der Waals surface area contributed by atoms with Crippen molar-refractivity contribution in [3.63, 3.8) is 0 Å². The number of carboxylic acids is 1. The van der Waals surface area contributed by atoms with Crippen molar-refractivity contribution in [2.75, 3.05) is 25.1 Å². The number of rotatable bonds is 5. The van der Waals surface area contributed by atoms with Gasteiger partial charge in [-0.05, 0) is 49.7 Å². The topological polar surface area (TPSA) is 71.5 Å². The van der Waals surface area contributed by atoms with E-state index in [4.69, 9.17) is 4.74 Å². The number of nitrogens with zero attached hydrogens (tertiary/aromatic N) is 1. The third kappa shape index (κ3) is 5.55. The van der Waals surface area contributed by atoms with Crippen molar-refractivity contribution in [1.29, 1.82) is 0 Å². The molecule has 2 heterocycles. The lowest BCUT2D eigenvalue weighted by atomic mass is 9.86. The molecule has 5 heteroatoms. The zero-order valence-corrected chi connectivity index (χ0v) is 16.4. The van der Waals surface area contributed by atoms with Crippen LogP contribution in [0.2, 0.25) is 0 Å². The number of aromatic nitrogens is 1. The van der Waals surface area contributed by atoms with Gasteiger partial charge < -0.3 is 15.2 Å². The lowest BCUT2D eigenvalue weighted by Gasteiger charge is -2.25. The van der Waals surface area contributed by atoms with Gasteiger partial charge in [-0.15, -0.1) is 0 Å². The highest BCUT2D eigenvalue weighted by Crippen LogP contribution is 2.28. The number of anilines is 1. The lowest BCUT2D eigenvalue weighted by molar-refractivity contribution is 0.0697. The second-order valence-corrected chi connectivity index (χ2v) is 7.59. The van der Waals surface area contributed by atoms with E-state index in [2.05, 4.69) is 35.1 Å². The summed E-state index contributed by atoms with van der Waals surface area (Å²) in [7, 11) is 0. The molecule has 1 aromatic rings. The van der Waals surface area contributed by atoms with Crippen LogP contribution < -0.4 is 5.32 Å². The molecule has 1 atom stereocenters. The molecule has 5 nitrogen and oxygen atoms in total. The molecule has 1 fully saturated rings. The Morgan fingerprint density at radius 3 is 2.86 bits per heavy atom. The van der Waals surface area contributed by atoms with Crippen LogP contribution in [0.25, 0.3) is 0 Å². The van der Waals surface area contributed by atoms with E-state index < -0.39 is 5.97 Å². The van der Waals surface area contributed by atoms with Crippen LogP contribution in [0.15, 0.2) is 54.4 Å². The Bertz CT molecular complexity index is 748. The minimum atomic E-state index is -0.944. The second-order valence-electron chi connectivity index (χ2n) is 7.59. The van der Waals surface area contributed by atoms with E-state index in [-0.39, 0.29) is 11.5 Å². The number of pyridine rings is 1. The van der Waals surface area contributed by atoms with Gasteiger partial charge in [0.15, 0.2) is 0 Å². The van der Waals surface area contributed by atoms with E-state index in [0.29, 0.717) is 18.2 Å². The SMILES string of the molecule is C=C1/C=C\C(C2CCOCC2)=C/CCCCC1CNc1cnccc1C(=O)O. The zero-order valence-electron chi connectivity index (χ0n) is 16.4. The van der Waals surface area contributed by atoms with Crippen molar-refractivity contribution in [2.45, 2.75) is 38.5 Å². The molecule has 1 saturated heterocycles. The average Bonchev–Trinajstić information content (AvgIpc) is 2.72. The van der Waals surface area contributed by atoms with Crippen LogP contribution in [0.1, 0.15) is 48.9 Å². The molecule has 28 heavy (non-hydrogen) atoms. The molecule has 0 spiro atoms. The quantitative estimate of drug-likeness (QED) is 0.762. The molecule has 0 aromatic carbocycles. The first-order valence-corrected chi connectivity index (χ1v) is 10.2. The largest absolute Gasteiger partial charge is 0.478 e. The number of allylic oxidation sites excluding steroid dienone is 4. The third-order valence-electron chi connectivity index (χ3n) is 5.68. The van der Waals surface area contributed by atoms with E-state index in [9.17, 15) is 9.90 Å². The lowest BCUT2D eigenvalue weighted by Crippen LogP contribution is -2.19. The van der Waals surface area contributed by atoms with Crippen molar-refractivity contribution in [1.82, 2.24) is 4.98 Å². The van der Waals surface area contributed by atoms with Crippen LogP contribution in [-0.4, -0.2) is 35.8 Å². The first-order valence-electron chi connectivity index (χ1n) is 10.2. The fraction of sp³-hybridized carbons (Fsp3) is 0.478. The summed E-state index contributed by atoms with van der Waals surface area (Å²) in [6.07, 6.45) is 16.5. The Hall–Kier alpha value is -2.40. The molecular formula is C23H30N2O3. The summed E-state index contributed by atoms with van der Waals surface area (Å²) in [6, 6.07) is 1.53. The second kappa shape index (κ2) is 10.2. The Morgan fingerprint density at radius 1 is 1.25 bits per heavy atom. The highest BCUT2D eigenvalue weighted by Gasteiger charge is 2.18. The smallest absolute Gasteiger partial charge is 0.337 e. The molecule has 1 aromatic heterocycles. The van der Waals surface area contributed by atoms with Crippen LogP contribution in [-0.2, 0) is 4.74 Å². The number of aromatic carboxylic acids is 1. The highest BCUT2D eigenvalue weighted by atomic mass is 16.5. The molecule has 2 N–H and O–H groups in total. The van der Waals surface area contributed by atoms with E-state index in [1.807, 2.05) is 0 Å². The van der Waals surface area contributed by atoms with Gasteiger partial charge in [0.25, 0.3) is 0 Å². The maximum absolute atomic E-state index is 11.4. The van der Waals surface area contributed by atoms with E-state index in [0.717, 1.165) is 57.3 Å². The fourth-order valence-corrected chi connectivity index (χ4v) is 3.92. The predicted octanol–water partition coefficient (Wildman–Crippen LogP) is 4.85. The number of nitrogens with one attached hydrogen (secondary N) is 1. The van der Waals surface area contributed by atoms with Gasteiger partial charge in [-0.1, -0.05) is 36.8 Å². The van der Waals surface area contributed by atoms with Gasteiger partial charge in [-0.25, -0.2) is 4.79 Å². The monoisotopic (exact) mass is 382 g/mol. The number of hydrogen-bond acceptors (Lipinski definition) is 4. The predicted molar refractivity (Wildman–Crippen MR) is 112 cm³/mol. The normalized spacial score (nSPS) is 24.8. The molecular weight excluding hydrogens is 352 g/mol. The van der Waals surface area contributed by atoms with Gasteiger partial charge in [-0.3, -0.25) is 4.98 Å². The van der Waals surface area contributed by atoms with Gasteiger partial charge in [0, 0.05) is 31.9 Å². The van der Waals surface area contributed by atoms with Crippen LogP contribution in [0, 0.1) is 11.8 Å². The summed E-state index contributed by atoms with van der Waals surface area (Å²) in [4.78, 5) is 15.4. The van der Waals surface area contributed by atoms with E-state index in [1.54, 1.807) is 6.20 Å². The zero-order chi connectivity index (χ0) is 19.8. The molecule has 3 rings (SSSR count). The van der Waals surface area contributed by atoms with Gasteiger partial charge in [0.2, 0.25) is 0 Å². The Balaban J connectivity index is 1.67. The minimum absolute atomic E-state index is 0.251. The maximum atomic E-state index is 11.4. The van der Waals surface area contributed by atoms with Crippen LogP contribution in [0.3, 0.4) is 0 Å². The summed E-state index contributed by atoms with van der Waals surface area (Å²) in [5.74, 6) is -0.0877. The third-order valence-corrected chi connectivity index (χ3v) is 5.68. The van der Waals surface area contributed by atoms with E-state index >= 15 is 0 Å². The van der Waals surface area contributed by atoms with Crippen molar-refractivity contribution in [2.24, 2.45) is 11.8 Å². The van der Waals surface area contributed by atoms with E-state index in [1.165, 1.54) is 17.8 Å². The van der Waals surface area contributed by atoms with Gasteiger partial charge in [0.1, 0.15) is 0 Å². The van der Waals surface area contributed by atoms with Gasteiger partial charge in [-0.2, -0.15) is 0 Å². The van der Waals surface area contributed by atoms with Crippen molar-refractivity contribution < 1.29 is 14.6 Å². The summed E-state index contributed by atoms with van der Waals surface area (Å²) < 4.78 is 5.51.